The quantitative estimate of drug-likeness (QED) is 0.704. The maximum absolute atomic E-state index is 10.6. The smallest absolute Gasteiger partial charge is 0.335 e. The summed E-state index contributed by atoms with van der Waals surface area (Å²) in [5, 5.41) is 17.8. The number of aromatic carboxylic acids is 1. The molecule has 4 nitrogen and oxygen atoms in total. The standard InChI is InChI=1S/C10H8O4/c1-2-3-14-9-5-7(10(12)13)4-8(11)6-9/h1,4-6,11H,3H2,(H,12,13). The molecule has 72 valence electrons. The van der Waals surface area contributed by atoms with Crippen LogP contribution in [0.5, 0.6) is 11.5 Å². The number of carboxylic acid groups (broad SMARTS) is 1. The number of phenols is 1. The van der Waals surface area contributed by atoms with Gasteiger partial charge in [0, 0.05) is 6.07 Å². The SMILES string of the molecule is C#CCOc1cc(O)cc(C(=O)O)c1. The average Bonchev–Trinajstić information content (AvgIpc) is 2.14. The van der Waals surface area contributed by atoms with Gasteiger partial charge in [-0.1, -0.05) is 5.92 Å². The van der Waals surface area contributed by atoms with Gasteiger partial charge >= 0.3 is 5.97 Å². The molecule has 0 saturated carbocycles. The second kappa shape index (κ2) is 4.19. The molecule has 0 aliphatic heterocycles. The number of terminal acetylenes is 1. The van der Waals surface area contributed by atoms with Crippen LogP contribution >= 0.6 is 0 Å². The zero-order valence-electron chi connectivity index (χ0n) is 7.23. The molecule has 0 aliphatic carbocycles. The summed E-state index contributed by atoms with van der Waals surface area (Å²) in [6.45, 7) is 0.0303. The summed E-state index contributed by atoms with van der Waals surface area (Å²) in [6.07, 6.45) is 4.96. The zero-order valence-corrected chi connectivity index (χ0v) is 7.23. The van der Waals surface area contributed by atoms with Crippen LogP contribution in [0.4, 0.5) is 0 Å². The lowest BCUT2D eigenvalue weighted by Gasteiger charge is -2.04. The zero-order chi connectivity index (χ0) is 10.6. The highest BCUT2D eigenvalue weighted by molar-refractivity contribution is 5.88. The number of rotatable bonds is 3. The largest absolute Gasteiger partial charge is 0.508 e. The Kier molecular flexibility index (Phi) is 2.97. The van der Waals surface area contributed by atoms with Gasteiger partial charge in [0.2, 0.25) is 0 Å². The molecule has 14 heavy (non-hydrogen) atoms. The highest BCUT2D eigenvalue weighted by Gasteiger charge is 2.06. The fourth-order valence-electron chi connectivity index (χ4n) is 0.915. The Morgan fingerprint density at radius 1 is 1.50 bits per heavy atom. The lowest BCUT2D eigenvalue weighted by atomic mass is 10.2. The van der Waals surface area contributed by atoms with Crippen molar-refractivity contribution >= 4 is 5.97 Å². The minimum Gasteiger partial charge on any atom is -0.508 e. The first-order valence-corrected chi connectivity index (χ1v) is 3.77. The maximum atomic E-state index is 10.6. The summed E-state index contributed by atoms with van der Waals surface area (Å²) in [6, 6.07) is 3.72. The Labute approximate surface area is 80.8 Å². The van der Waals surface area contributed by atoms with Crippen LogP contribution in [0.25, 0.3) is 0 Å². The molecular weight excluding hydrogens is 184 g/mol. The van der Waals surface area contributed by atoms with E-state index in [-0.39, 0.29) is 23.7 Å². The molecule has 0 amide bonds. The van der Waals surface area contributed by atoms with E-state index in [4.69, 9.17) is 21.4 Å². The fraction of sp³-hybridized carbons (Fsp3) is 0.100. The van der Waals surface area contributed by atoms with E-state index in [0.29, 0.717) is 0 Å². The number of benzene rings is 1. The maximum Gasteiger partial charge on any atom is 0.335 e. The van der Waals surface area contributed by atoms with Crippen molar-refractivity contribution in [2.24, 2.45) is 0 Å². The fourth-order valence-corrected chi connectivity index (χ4v) is 0.915. The third-order valence-electron chi connectivity index (χ3n) is 1.46. The molecule has 1 aromatic carbocycles. The minimum absolute atomic E-state index is 0.0303. The Morgan fingerprint density at radius 3 is 2.79 bits per heavy atom. The second-order valence-corrected chi connectivity index (χ2v) is 2.51. The Morgan fingerprint density at radius 2 is 2.21 bits per heavy atom. The molecule has 0 fully saturated rings. The van der Waals surface area contributed by atoms with Crippen molar-refractivity contribution in [3.8, 4) is 23.8 Å². The average molecular weight is 192 g/mol. The predicted molar refractivity (Wildman–Crippen MR) is 49.4 cm³/mol. The molecule has 1 rings (SSSR count). The van der Waals surface area contributed by atoms with Crippen LogP contribution in [-0.2, 0) is 0 Å². The van der Waals surface area contributed by atoms with E-state index < -0.39 is 5.97 Å². The van der Waals surface area contributed by atoms with E-state index in [0.717, 1.165) is 6.07 Å². The van der Waals surface area contributed by atoms with Gasteiger partial charge < -0.3 is 14.9 Å². The summed E-state index contributed by atoms with van der Waals surface area (Å²) < 4.78 is 4.97. The van der Waals surface area contributed by atoms with Gasteiger partial charge in [-0.2, -0.15) is 0 Å². The summed E-state index contributed by atoms with van der Waals surface area (Å²) in [7, 11) is 0. The minimum atomic E-state index is -1.13. The molecule has 0 aromatic heterocycles. The second-order valence-electron chi connectivity index (χ2n) is 2.51. The topological polar surface area (TPSA) is 66.8 Å². The van der Waals surface area contributed by atoms with Crippen LogP contribution in [0.2, 0.25) is 0 Å². The first-order valence-electron chi connectivity index (χ1n) is 3.77. The van der Waals surface area contributed by atoms with E-state index in [1.165, 1.54) is 12.1 Å². The van der Waals surface area contributed by atoms with Crippen LogP contribution in [0.1, 0.15) is 10.4 Å². The van der Waals surface area contributed by atoms with Crippen LogP contribution < -0.4 is 4.74 Å². The summed E-state index contributed by atoms with van der Waals surface area (Å²) in [5.41, 5.74) is -0.0444. The molecular formula is C10H8O4. The molecule has 0 atom stereocenters. The van der Waals surface area contributed by atoms with E-state index in [9.17, 15) is 4.79 Å². The van der Waals surface area contributed by atoms with E-state index in [1.807, 2.05) is 0 Å². The third kappa shape index (κ3) is 2.42. The van der Waals surface area contributed by atoms with Crippen LogP contribution in [-0.4, -0.2) is 22.8 Å². The van der Waals surface area contributed by atoms with Crippen LogP contribution in [0.15, 0.2) is 18.2 Å². The van der Waals surface area contributed by atoms with Gasteiger partial charge in [-0.3, -0.25) is 0 Å². The highest BCUT2D eigenvalue weighted by atomic mass is 16.5. The Balaban J connectivity index is 2.96. The van der Waals surface area contributed by atoms with Gasteiger partial charge in [-0.15, -0.1) is 6.42 Å². The van der Waals surface area contributed by atoms with Crippen molar-refractivity contribution in [3.05, 3.63) is 23.8 Å². The number of hydrogen-bond acceptors (Lipinski definition) is 3. The Hall–Kier alpha value is -2.15. The predicted octanol–water partition coefficient (Wildman–Crippen LogP) is 1.10. The monoisotopic (exact) mass is 192 g/mol. The van der Waals surface area contributed by atoms with Crippen molar-refractivity contribution in [2.45, 2.75) is 0 Å². The van der Waals surface area contributed by atoms with Gasteiger partial charge in [-0.05, 0) is 12.1 Å². The van der Waals surface area contributed by atoms with Crippen molar-refractivity contribution in [3.63, 3.8) is 0 Å². The normalized spacial score (nSPS) is 9.07. The molecule has 0 spiro atoms. The van der Waals surface area contributed by atoms with Gasteiger partial charge in [0.25, 0.3) is 0 Å². The van der Waals surface area contributed by atoms with Crippen LogP contribution in [0.3, 0.4) is 0 Å². The first-order chi connectivity index (χ1) is 6.63. The lowest BCUT2D eigenvalue weighted by Crippen LogP contribution is -1.98. The molecule has 0 radical (unpaired) electrons. The highest BCUT2D eigenvalue weighted by Crippen LogP contribution is 2.21. The summed E-state index contributed by atoms with van der Waals surface area (Å²) in [4.78, 5) is 10.6. The van der Waals surface area contributed by atoms with Gasteiger partial charge in [0.1, 0.15) is 18.1 Å². The number of carboxylic acids is 1. The van der Waals surface area contributed by atoms with Gasteiger partial charge in [0.05, 0.1) is 5.56 Å². The van der Waals surface area contributed by atoms with Crippen molar-refractivity contribution in [1.29, 1.82) is 0 Å². The Bertz CT molecular complexity index is 390. The van der Waals surface area contributed by atoms with E-state index in [2.05, 4.69) is 5.92 Å². The first kappa shape index (κ1) is 9.93. The molecule has 2 N–H and O–H groups in total. The van der Waals surface area contributed by atoms with Gasteiger partial charge in [-0.25, -0.2) is 4.79 Å². The molecule has 0 unspecified atom stereocenters. The summed E-state index contributed by atoms with van der Waals surface area (Å²) >= 11 is 0. The van der Waals surface area contributed by atoms with E-state index >= 15 is 0 Å². The third-order valence-corrected chi connectivity index (χ3v) is 1.46. The number of hydrogen-bond donors (Lipinski definition) is 2. The molecule has 1 aromatic rings. The van der Waals surface area contributed by atoms with E-state index in [1.54, 1.807) is 0 Å². The molecule has 0 aliphatic rings. The van der Waals surface area contributed by atoms with Crippen molar-refractivity contribution in [1.82, 2.24) is 0 Å². The molecule has 0 bridgehead atoms. The number of aromatic hydroxyl groups is 1. The number of carbonyl (C=O) groups is 1. The van der Waals surface area contributed by atoms with Crippen LogP contribution in [0, 0.1) is 12.3 Å². The van der Waals surface area contributed by atoms with Gasteiger partial charge in [0.15, 0.2) is 0 Å². The molecule has 4 heteroatoms. The number of ether oxygens (including phenoxy) is 1. The molecule has 0 saturated heterocycles. The van der Waals surface area contributed by atoms with Crippen molar-refractivity contribution in [2.75, 3.05) is 6.61 Å². The van der Waals surface area contributed by atoms with Crippen molar-refractivity contribution < 1.29 is 19.7 Å². The summed E-state index contributed by atoms with van der Waals surface area (Å²) in [5.74, 6) is 1.17. The lowest BCUT2D eigenvalue weighted by molar-refractivity contribution is 0.0696. The molecule has 0 heterocycles. The number of phenolic OH excluding ortho intramolecular Hbond substituents is 1.